The molecule has 1 aromatic carbocycles. The van der Waals surface area contributed by atoms with Crippen LogP contribution >= 0.6 is 0 Å². The molecule has 1 saturated heterocycles. The standard InChI is InChI=1S/C13H17NO3/c1-9-7-11(5-6-17-9)14-13(16)10-3-2-4-12(15)8-10/h2-4,8-9,11,15H,5-7H2,1H3,(H,14,16). The van der Waals surface area contributed by atoms with Crippen LogP contribution in [-0.4, -0.2) is 29.8 Å². The van der Waals surface area contributed by atoms with E-state index in [-0.39, 0.29) is 23.8 Å². The molecule has 0 radical (unpaired) electrons. The average Bonchev–Trinajstić information content (AvgIpc) is 2.29. The maximum absolute atomic E-state index is 11.9. The van der Waals surface area contributed by atoms with Crippen molar-refractivity contribution in [1.82, 2.24) is 5.32 Å². The van der Waals surface area contributed by atoms with Crippen LogP contribution in [-0.2, 0) is 4.74 Å². The highest BCUT2D eigenvalue weighted by Gasteiger charge is 2.21. The van der Waals surface area contributed by atoms with Crippen LogP contribution in [0, 0.1) is 0 Å². The topological polar surface area (TPSA) is 58.6 Å². The van der Waals surface area contributed by atoms with Crippen LogP contribution in [0.2, 0.25) is 0 Å². The molecule has 2 unspecified atom stereocenters. The number of nitrogens with one attached hydrogen (secondary N) is 1. The van der Waals surface area contributed by atoms with E-state index in [1.54, 1.807) is 18.2 Å². The summed E-state index contributed by atoms with van der Waals surface area (Å²) in [5, 5.41) is 12.3. The lowest BCUT2D eigenvalue weighted by Gasteiger charge is -2.27. The van der Waals surface area contributed by atoms with Gasteiger partial charge in [-0.3, -0.25) is 4.79 Å². The molecule has 1 heterocycles. The molecular weight excluding hydrogens is 218 g/mol. The molecule has 0 aliphatic carbocycles. The zero-order chi connectivity index (χ0) is 12.3. The predicted molar refractivity (Wildman–Crippen MR) is 64.0 cm³/mol. The Labute approximate surface area is 101 Å². The zero-order valence-corrected chi connectivity index (χ0v) is 9.85. The highest BCUT2D eigenvalue weighted by Crippen LogP contribution is 2.15. The minimum absolute atomic E-state index is 0.109. The molecule has 0 spiro atoms. The van der Waals surface area contributed by atoms with Gasteiger partial charge < -0.3 is 15.2 Å². The summed E-state index contributed by atoms with van der Waals surface area (Å²) >= 11 is 0. The first kappa shape index (κ1) is 11.9. The fourth-order valence-corrected chi connectivity index (χ4v) is 2.05. The molecule has 1 amide bonds. The van der Waals surface area contributed by atoms with Crippen LogP contribution in [0.4, 0.5) is 0 Å². The lowest BCUT2D eigenvalue weighted by Crippen LogP contribution is -2.41. The first-order valence-corrected chi connectivity index (χ1v) is 5.86. The van der Waals surface area contributed by atoms with Gasteiger partial charge in [0, 0.05) is 18.2 Å². The van der Waals surface area contributed by atoms with E-state index in [0.29, 0.717) is 12.2 Å². The molecule has 0 bridgehead atoms. The summed E-state index contributed by atoms with van der Waals surface area (Å²) < 4.78 is 5.42. The highest BCUT2D eigenvalue weighted by molar-refractivity contribution is 5.94. The Balaban J connectivity index is 1.97. The lowest BCUT2D eigenvalue weighted by atomic mass is 10.0. The number of benzene rings is 1. The zero-order valence-electron chi connectivity index (χ0n) is 9.85. The summed E-state index contributed by atoms with van der Waals surface area (Å²) in [6.45, 7) is 2.69. The average molecular weight is 235 g/mol. The lowest BCUT2D eigenvalue weighted by molar-refractivity contribution is 0.0136. The number of rotatable bonds is 2. The SMILES string of the molecule is CC1CC(NC(=O)c2cccc(O)c2)CCO1. The van der Waals surface area contributed by atoms with E-state index in [1.165, 1.54) is 6.07 Å². The second-order valence-corrected chi connectivity index (χ2v) is 4.43. The second kappa shape index (κ2) is 5.19. The van der Waals surface area contributed by atoms with Crippen molar-refractivity contribution in [1.29, 1.82) is 0 Å². The number of hydrogen-bond acceptors (Lipinski definition) is 3. The number of ether oxygens (including phenoxy) is 1. The fraction of sp³-hybridized carbons (Fsp3) is 0.462. The van der Waals surface area contributed by atoms with Gasteiger partial charge in [-0.2, -0.15) is 0 Å². The molecule has 17 heavy (non-hydrogen) atoms. The van der Waals surface area contributed by atoms with Crippen molar-refractivity contribution in [2.75, 3.05) is 6.61 Å². The van der Waals surface area contributed by atoms with Crippen LogP contribution in [0.25, 0.3) is 0 Å². The predicted octanol–water partition coefficient (Wildman–Crippen LogP) is 1.69. The molecule has 1 aromatic rings. The molecule has 0 saturated carbocycles. The van der Waals surface area contributed by atoms with Gasteiger partial charge in [-0.15, -0.1) is 0 Å². The number of amides is 1. The van der Waals surface area contributed by atoms with Crippen molar-refractivity contribution < 1.29 is 14.6 Å². The van der Waals surface area contributed by atoms with E-state index in [2.05, 4.69) is 5.32 Å². The summed E-state index contributed by atoms with van der Waals surface area (Å²) in [5.41, 5.74) is 0.490. The smallest absolute Gasteiger partial charge is 0.251 e. The summed E-state index contributed by atoms with van der Waals surface area (Å²) in [5.74, 6) is -0.0296. The first-order valence-electron chi connectivity index (χ1n) is 5.86. The summed E-state index contributed by atoms with van der Waals surface area (Å²) in [6.07, 6.45) is 1.87. The normalized spacial score (nSPS) is 24.3. The Kier molecular flexibility index (Phi) is 3.64. The molecular formula is C13H17NO3. The van der Waals surface area contributed by atoms with Crippen molar-refractivity contribution >= 4 is 5.91 Å². The molecule has 1 fully saturated rings. The van der Waals surface area contributed by atoms with E-state index in [9.17, 15) is 9.90 Å². The van der Waals surface area contributed by atoms with Gasteiger partial charge in [0.1, 0.15) is 5.75 Å². The van der Waals surface area contributed by atoms with Crippen LogP contribution in [0.15, 0.2) is 24.3 Å². The number of aromatic hydroxyl groups is 1. The van der Waals surface area contributed by atoms with E-state index in [0.717, 1.165) is 12.8 Å². The summed E-state index contributed by atoms with van der Waals surface area (Å²) in [6, 6.07) is 6.54. The number of carbonyl (C=O) groups is 1. The Bertz CT molecular complexity index is 405. The van der Waals surface area contributed by atoms with Gasteiger partial charge >= 0.3 is 0 Å². The first-order chi connectivity index (χ1) is 8.15. The van der Waals surface area contributed by atoms with Gasteiger partial charge in [0.05, 0.1) is 6.10 Å². The molecule has 4 heteroatoms. The van der Waals surface area contributed by atoms with Crippen molar-refractivity contribution in [3.8, 4) is 5.75 Å². The highest BCUT2D eigenvalue weighted by atomic mass is 16.5. The maximum atomic E-state index is 11.9. The summed E-state index contributed by atoms with van der Waals surface area (Å²) in [7, 11) is 0. The van der Waals surface area contributed by atoms with Crippen LogP contribution in [0.3, 0.4) is 0 Å². The van der Waals surface area contributed by atoms with E-state index >= 15 is 0 Å². The van der Waals surface area contributed by atoms with Gasteiger partial charge in [-0.05, 0) is 38.0 Å². The van der Waals surface area contributed by atoms with Crippen molar-refractivity contribution in [3.63, 3.8) is 0 Å². The van der Waals surface area contributed by atoms with Crippen LogP contribution < -0.4 is 5.32 Å². The Morgan fingerprint density at radius 3 is 3.06 bits per heavy atom. The largest absolute Gasteiger partial charge is 0.508 e. The van der Waals surface area contributed by atoms with E-state index in [4.69, 9.17) is 4.74 Å². The number of phenols is 1. The Hall–Kier alpha value is -1.55. The molecule has 4 nitrogen and oxygen atoms in total. The summed E-state index contributed by atoms with van der Waals surface area (Å²) in [4.78, 5) is 11.9. The number of hydrogen-bond donors (Lipinski definition) is 2. The number of phenolic OH excluding ortho intramolecular Hbond substituents is 1. The van der Waals surface area contributed by atoms with Gasteiger partial charge in [0.2, 0.25) is 0 Å². The third-order valence-electron chi connectivity index (χ3n) is 2.93. The fourth-order valence-electron chi connectivity index (χ4n) is 2.05. The van der Waals surface area contributed by atoms with Gasteiger partial charge in [0.15, 0.2) is 0 Å². The number of carbonyl (C=O) groups excluding carboxylic acids is 1. The van der Waals surface area contributed by atoms with Crippen molar-refractivity contribution in [2.24, 2.45) is 0 Å². The molecule has 1 aliphatic rings. The third-order valence-corrected chi connectivity index (χ3v) is 2.93. The molecule has 2 N–H and O–H groups in total. The van der Waals surface area contributed by atoms with Gasteiger partial charge in [-0.25, -0.2) is 0 Å². The Morgan fingerprint density at radius 1 is 1.53 bits per heavy atom. The third kappa shape index (κ3) is 3.20. The minimum atomic E-state index is -0.139. The second-order valence-electron chi connectivity index (χ2n) is 4.43. The quantitative estimate of drug-likeness (QED) is 0.820. The molecule has 1 aliphatic heterocycles. The van der Waals surface area contributed by atoms with E-state index in [1.807, 2.05) is 6.92 Å². The van der Waals surface area contributed by atoms with E-state index < -0.39 is 0 Å². The van der Waals surface area contributed by atoms with Crippen molar-refractivity contribution in [3.05, 3.63) is 29.8 Å². The molecule has 2 rings (SSSR count). The van der Waals surface area contributed by atoms with Crippen LogP contribution in [0.5, 0.6) is 5.75 Å². The minimum Gasteiger partial charge on any atom is -0.508 e. The molecule has 0 aromatic heterocycles. The van der Waals surface area contributed by atoms with Crippen LogP contribution in [0.1, 0.15) is 30.1 Å². The van der Waals surface area contributed by atoms with Gasteiger partial charge in [0.25, 0.3) is 5.91 Å². The monoisotopic (exact) mass is 235 g/mol. The maximum Gasteiger partial charge on any atom is 0.251 e. The Morgan fingerprint density at radius 2 is 2.35 bits per heavy atom. The molecule has 92 valence electrons. The van der Waals surface area contributed by atoms with Crippen molar-refractivity contribution in [2.45, 2.75) is 31.9 Å². The molecule has 2 atom stereocenters. The van der Waals surface area contributed by atoms with Gasteiger partial charge in [-0.1, -0.05) is 6.07 Å².